The smallest absolute Gasteiger partial charge is 0.844 e. The molecule has 0 aliphatic carbocycles. The molecule has 0 saturated carbocycles. The molecule has 0 unspecified atom stereocenters. The van der Waals surface area contributed by atoms with Crippen molar-refractivity contribution in [2.24, 2.45) is 0 Å². The van der Waals surface area contributed by atoms with Crippen molar-refractivity contribution in [2.75, 3.05) is 0 Å². The van der Waals surface area contributed by atoms with Crippen molar-refractivity contribution in [3.8, 4) is 0 Å². The molecule has 0 bridgehead atoms. The second kappa shape index (κ2) is 25.9. The van der Waals surface area contributed by atoms with Crippen LogP contribution in [0.2, 0.25) is 0 Å². The van der Waals surface area contributed by atoms with Gasteiger partial charge in [-0.05, 0) is 0 Å². The number of hydrogen-bond donors (Lipinski definition) is 0. The van der Waals surface area contributed by atoms with Gasteiger partial charge in [-0.2, -0.15) is 0 Å². The van der Waals surface area contributed by atoms with Gasteiger partial charge in [0.25, 0.3) is 0 Å². The molecule has 0 aromatic carbocycles. The molecule has 0 amide bonds. The van der Waals surface area contributed by atoms with E-state index < -0.39 is 18.1 Å². The van der Waals surface area contributed by atoms with Crippen LogP contribution in [-0.2, 0) is 0 Å². The SMILES string of the molecule is [O-]P[O-].[O-]P[O-].[Sn+4]. The standard InChI is InChI=1S/2HO2P.Sn/c2*1-3-2;/h2*3H;/q2*-2;+4. The van der Waals surface area contributed by atoms with E-state index in [2.05, 4.69) is 0 Å². The Hall–Kier alpha value is 1.50. The molecule has 0 aromatic rings. The van der Waals surface area contributed by atoms with Crippen molar-refractivity contribution in [2.45, 2.75) is 0 Å². The summed E-state index contributed by atoms with van der Waals surface area (Å²) in [5, 5.41) is 0. The molecule has 0 aliphatic rings. The normalized spacial score (nSPS) is 5.14. The van der Waals surface area contributed by atoms with Crippen LogP contribution in [-0.4, -0.2) is 23.9 Å². The van der Waals surface area contributed by atoms with Crippen LogP contribution < -0.4 is 19.6 Å². The fourth-order valence-electron chi connectivity index (χ4n) is 0. The molecule has 0 fully saturated rings. The van der Waals surface area contributed by atoms with Crippen LogP contribution in [0.3, 0.4) is 0 Å². The molecule has 0 saturated heterocycles. The molecule has 0 N–H and O–H groups in total. The van der Waals surface area contributed by atoms with Gasteiger partial charge in [-0.25, -0.2) is 0 Å². The minimum absolute atomic E-state index is 0. The summed E-state index contributed by atoms with van der Waals surface area (Å²) in [5.74, 6) is 0. The van der Waals surface area contributed by atoms with Crippen LogP contribution in [0.5, 0.6) is 0 Å². The van der Waals surface area contributed by atoms with Crippen LogP contribution in [0.1, 0.15) is 0 Å². The van der Waals surface area contributed by atoms with E-state index in [1.807, 2.05) is 0 Å². The predicted octanol–water partition coefficient (Wildman–Crippen LogP) is -3.95. The Labute approximate surface area is 61.8 Å². The fraction of sp³-hybridized carbons (Fsp3) is 0. The monoisotopic (exact) mass is 248 g/mol. The molecular formula is H2O4P2Sn. The summed E-state index contributed by atoms with van der Waals surface area (Å²) < 4.78 is 0. The third-order valence-corrected chi connectivity index (χ3v) is 0. The maximum atomic E-state index is 8.40. The van der Waals surface area contributed by atoms with Gasteiger partial charge in [-0.3, -0.25) is 0 Å². The molecule has 40 valence electrons. The van der Waals surface area contributed by atoms with Crippen LogP contribution >= 0.6 is 18.1 Å². The zero-order valence-electron chi connectivity index (χ0n) is 3.13. The zero-order chi connectivity index (χ0) is 5.41. The van der Waals surface area contributed by atoms with E-state index in [1.54, 1.807) is 0 Å². The molecule has 7 heavy (non-hydrogen) atoms. The Morgan fingerprint density at radius 2 is 0.714 bits per heavy atom. The van der Waals surface area contributed by atoms with Crippen LogP contribution in [0.4, 0.5) is 0 Å². The van der Waals surface area contributed by atoms with E-state index in [-0.39, 0.29) is 23.9 Å². The van der Waals surface area contributed by atoms with Crippen LogP contribution in [0.25, 0.3) is 0 Å². The molecule has 0 spiro atoms. The molecule has 4 nitrogen and oxygen atoms in total. The van der Waals surface area contributed by atoms with E-state index >= 15 is 0 Å². The Morgan fingerprint density at radius 1 is 0.714 bits per heavy atom. The van der Waals surface area contributed by atoms with Gasteiger partial charge in [0.15, 0.2) is 0 Å². The Bertz CT molecular complexity index is 11.7. The largest absolute Gasteiger partial charge is 4.00 e. The van der Waals surface area contributed by atoms with Crippen molar-refractivity contribution in [1.82, 2.24) is 0 Å². The quantitative estimate of drug-likeness (QED) is 0.322. The summed E-state index contributed by atoms with van der Waals surface area (Å²) in [6.07, 6.45) is 0. The third kappa shape index (κ3) is 101. The first-order valence-corrected chi connectivity index (χ1v) is 2.45. The van der Waals surface area contributed by atoms with E-state index in [1.165, 1.54) is 0 Å². The molecule has 0 atom stereocenters. The topological polar surface area (TPSA) is 92.2 Å². The minimum Gasteiger partial charge on any atom is -0.844 e. The van der Waals surface area contributed by atoms with Gasteiger partial charge in [0.05, 0.1) is 0 Å². The maximum absolute atomic E-state index is 8.40. The van der Waals surface area contributed by atoms with Crippen LogP contribution in [0.15, 0.2) is 0 Å². The summed E-state index contributed by atoms with van der Waals surface area (Å²) >= 11 is 0. The van der Waals surface area contributed by atoms with Gasteiger partial charge in [0.2, 0.25) is 0 Å². The second-order valence-electron chi connectivity index (χ2n) is 0.167. The molecule has 0 rings (SSSR count). The molecule has 0 aromatic heterocycles. The first-order valence-electron chi connectivity index (χ1n) is 0.816. The number of hydrogen-bond acceptors (Lipinski definition) is 4. The van der Waals surface area contributed by atoms with Gasteiger partial charge in [-0.15, -0.1) is 0 Å². The predicted molar refractivity (Wildman–Crippen MR) is 22.4 cm³/mol. The Balaban J connectivity index is -0.0000000400. The van der Waals surface area contributed by atoms with Crippen molar-refractivity contribution in [1.29, 1.82) is 0 Å². The Kier molecular flexibility index (Phi) is 58.4. The average Bonchev–Trinajstić information content (AvgIpc) is 1.39. The van der Waals surface area contributed by atoms with E-state index in [0.29, 0.717) is 0 Å². The van der Waals surface area contributed by atoms with Crippen molar-refractivity contribution in [3.05, 3.63) is 0 Å². The van der Waals surface area contributed by atoms with Crippen molar-refractivity contribution < 1.29 is 19.6 Å². The van der Waals surface area contributed by atoms with Gasteiger partial charge in [-0.1, -0.05) is 0 Å². The minimum atomic E-state index is -1.42. The van der Waals surface area contributed by atoms with Gasteiger partial charge < -0.3 is 37.6 Å². The van der Waals surface area contributed by atoms with Gasteiger partial charge in [0.1, 0.15) is 0 Å². The zero-order valence-corrected chi connectivity index (χ0v) is 7.99. The van der Waals surface area contributed by atoms with Crippen LogP contribution in [0, 0.1) is 0 Å². The molecule has 0 radical (unpaired) electrons. The van der Waals surface area contributed by atoms with Gasteiger partial charge in [0, 0.05) is 0 Å². The fourth-order valence-corrected chi connectivity index (χ4v) is 0. The molecule has 7 heteroatoms. The van der Waals surface area contributed by atoms with Crippen molar-refractivity contribution >= 4 is 42.0 Å². The van der Waals surface area contributed by atoms with E-state index in [9.17, 15) is 0 Å². The Morgan fingerprint density at radius 3 is 0.714 bits per heavy atom. The third-order valence-electron chi connectivity index (χ3n) is 0. The first-order chi connectivity index (χ1) is 2.83. The summed E-state index contributed by atoms with van der Waals surface area (Å²) in [6, 6.07) is 0. The summed E-state index contributed by atoms with van der Waals surface area (Å²) in [4.78, 5) is 33.6. The number of rotatable bonds is 0. The molecule has 0 heterocycles. The summed E-state index contributed by atoms with van der Waals surface area (Å²) in [7, 11) is -2.83. The van der Waals surface area contributed by atoms with Crippen molar-refractivity contribution in [3.63, 3.8) is 0 Å². The van der Waals surface area contributed by atoms with Gasteiger partial charge >= 0.3 is 23.9 Å². The maximum Gasteiger partial charge on any atom is 4.00 e. The van der Waals surface area contributed by atoms with E-state index in [0.717, 1.165) is 0 Å². The molecule has 0 aliphatic heterocycles. The summed E-state index contributed by atoms with van der Waals surface area (Å²) in [5.41, 5.74) is 0. The first kappa shape index (κ1) is 15.8. The summed E-state index contributed by atoms with van der Waals surface area (Å²) in [6.45, 7) is 0. The second-order valence-corrected chi connectivity index (χ2v) is 0.500. The van der Waals surface area contributed by atoms with E-state index in [4.69, 9.17) is 19.6 Å². The average molecular weight is 247 g/mol. The molecular weight excluding hydrogens is 245 g/mol.